The summed E-state index contributed by atoms with van der Waals surface area (Å²) >= 11 is 0. The average molecular weight is 340 g/mol. The molecule has 0 aliphatic rings. The van der Waals surface area contributed by atoms with Crippen LogP contribution in [0.15, 0.2) is 60.0 Å². The van der Waals surface area contributed by atoms with E-state index in [1.165, 1.54) is 0 Å². The molecule has 110 valence electrons. The fourth-order valence-electron chi connectivity index (χ4n) is 2.67. The van der Waals surface area contributed by atoms with Crippen LogP contribution in [-0.4, -0.2) is 50.7 Å². The van der Waals surface area contributed by atoms with E-state index in [1.807, 2.05) is 36.4 Å². The third-order valence-corrected chi connectivity index (χ3v) is 4.55. The van der Waals surface area contributed by atoms with Gasteiger partial charge in [0.25, 0.3) is 10.1 Å². The van der Waals surface area contributed by atoms with Crippen molar-refractivity contribution in [3.05, 3.63) is 60.7 Å². The minimum Gasteiger partial charge on any atom is -1.00 e. The molecule has 0 aliphatic carbocycles. The molecule has 0 aliphatic heterocycles. The molecule has 0 saturated carbocycles. The molecule has 0 unspecified atom stereocenters. The van der Waals surface area contributed by atoms with Crippen LogP contribution in [-0.2, 0) is 10.1 Å². The van der Waals surface area contributed by atoms with E-state index in [4.69, 9.17) is 0 Å². The van der Waals surface area contributed by atoms with Crippen molar-refractivity contribution in [3.63, 3.8) is 0 Å². The second-order valence-corrected chi connectivity index (χ2v) is 6.44. The minimum atomic E-state index is -4.33. The SMILES string of the molecule is C=C(C)c1ccc2c(ccc3ccccc32)c1S(=O)(=O)O.[Ca+2].[H-].[H-]. The van der Waals surface area contributed by atoms with Gasteiger partial charge in [0.2, 0.25) is 0 Å². The molecule has 0 fully saturated rings. The van der Waals surface area contributed by atoms with Gasteiger partial charge in [0.15, 0.2) is 0 Å². The summed E-state index contributed by atoms with van der Waals surface area (Å²) in [5.41, 5.74) is 1.04. The van der Waals surface area contributed by atoms with Gasteiger partial charge in [-0.2, -0.15) is 8.42 Å². The van der Waals surface area contributed by atoms with Gasteiger partial charge in [0.05, 0.1) is 0 Å². The normalized spacial score (nSPS) is 11.4. The number of hydrogen-bond donors (Lipinski definition) is 1. The van der Waals surface area contributed by atoms with Gasteiger partial charge in [0.1, 0.15) is 4.90 Å². The number of rotatable bonds is 2. The first-order valence-corrected chi connectivity index (χ1v) is 7.91. The van der Waals surface area contributed by atoms with Crippen molar-refractivity contribution >= 4 is 75.0 Å². The smallest absolute Gasteiger partial charge is 1.00 e. The monoisotopic (exact) mass is 340 g/mol. The van der Waals surface area contributed by atoms with E-state index in [0.717, 1.165) is 16.2 Å². The predicted octanol–water partition coefficient (Wildman–Crippen LogP) is 4.12. The Morgan fingerprint density at radius 3 is 2.27 bits per heavy atom. The van der Waals surface area contributed by atoms with Gasteiger partial charge in [-0.25, -0.2) is 0 Å². The van der Waals surface area contributed by atoms with Crippen LogP contribution in [0.5, 0.6) is 0 Å². The van der Waals surface area contributed by atoms with E-state index in [9.17, 15) is 13.0 Å². The molecule has 22 heavy (non-hydrogen) atoms. The topological polar surface area (TPSA) is 54.4 Å². The van der Waals surface area contributed by atoms with Crippen LogP contribution in [0.25, 0.3) is 27.1 Å². The van der Waals surface area contributed by atoms with Gasteiger partial charge in [-0.1, -0.05) is 55.1 Å². The molecule has 0 atom stereocenters. The third-order valence-electron chi connectivity index (χ3n) is 3.59. The van der Waals surface area contributed by atoms with E-state index in [2.05, 4.69) is 6.58 Å². The zero-order valence-corrected chi connectivity index (χ0v) is 15.2. The van der Waals surface area contributed by atoms with Crippen LogP contribution in [0.3, 0.4) is 0 Å². The van der Waals surface area contributed by atoms with E-state index in [0.29, 0.717) is 16.5 Å². The summed E-state index contributed by atoms with van der Waals surface area (Å²) < 4.78 is 33.3. The van der Waals surface area contributed by atoms with Crippen molar-refractivity contribution in [1.29, 1.82) is 0 Å². The number of hydrogen-bond acceptors (Lipinski definition) is 2. The van der Waals surface area contributed by atoms with Crippen LogP contribution < -0.4 is 0 Å². The molecule has 0 spiro atoms. The Labute approximate surface area is 162 Å². The van der Waals surface area contributed by atoms with Gasteiger partial charge in [0, 0.05) is 5.39 Å². The summed E-state index contributed by atoms with van der Waals surface area (Å²) in [7, 11) is -4.33. The molecule has 0 saturated heterocycles. The summed E-state index contributed by atoms with van der Waals surface area (Å²) in [4.78, 5) is -0.0711. The summed E-state index contributed by atoms with van der Waals surface area (Å²) in [6.07, 6.45) is 0. The molecule has 0 amide bonds. The Kier molecular flexibility index (Phi) is 5.00. The first-order valence-electron chi connectivity index (χ1n) is 6.47. The summed E-state index contributed by atoms with van der Waals surface area (Å²) in [6.45, 7) is 5.51. The molecule has 3 aromatic rings. The Balaban J connectivity index is 0.00000176. The number of fused-ring (bicyclic) bond motifs is 3. The van der Waals surface area contributed by atoms with Gasteiger partial charge < -0.3 is 2.85 Å². The standard InChI is InChI=1S/C17H14O3S.Ca.2H/c1-11(2)13-9-10-15-14-6-4-3-5-12(14)7-8-16(15)17(13)21(18,19)20;;;/h3-10H,1H2,2H3,(H,18,19,20);;;/q;+2;2*-1. The summed E-state index contributed by atoms with van der Waals surface area (Å²) in [5, 5.41) is 3.28. The predicted molar refractivity (Wildman–Crippen MR) is 94.0 cm³/mol. The van der Waals surface area contributed by atoms with Crippen molar-refractivity contribution in [2.75, 3.05) is 0 Å². The zero-order valence-electron chi connectivity index (χ0n) is 14.2. The summed E-state index contributed by atoms with van der Waals surface area (Å²) in [5.74, 6) is 0. The van der Waals surface area contributed by atoms with Crippen LogP contribution in [0.1, 0.15) is 15.3 Å². The van der Waals surface area contributed by atoms with Crippen LogP contribution in [0.4, 0.5) is 0 Å². The van der Waals surface area contributed by atoms with Crippen LogP contribution in [0.2, 0.25) is 0 Å². The molecule has 3 rings (SSSR count). The van der Waals surface area contributed by atoms with Crippen LogP contribution in [0, 0.1) is 0 Å². The van der Waals surface area contributed by atoms with Crippen molar-refractivity contribution in [2.24, 2.45) is 0 Å². The third kappa shape index (κ3) is 2.94. The first kappa shape index (κ1) is 17.4. The summed E-state index contributed by atoms with van der Waals surface area (Å²) in [6, 6.07) is 14.9. The fourth-order valence-corrected chi connectivity index (χ4v) is 3.65. The number of allylic oxidation sites excluding steroid dienone is 1. The second-order valence-electron chi connectivity index (χ2n) is 5.08. The zero-order chi connectivity index (χ0) is 15.2. The van der Waals surface area contributed by atoms with E-state index in [1.54, 1.807) is 19.1 Å². The minimum absolute atomic E-state index is 0. The molecular weight excluding hydrogens is 324 g/mol. The van der Waals surface area contributed by atoms with E-state index < -0.39 is 10.1 Å². The Bertz CT molecular complexity index is 1000. The van der Waals surface area contributed by atoms with Crippen molar-refractivity contribution < 1.29 is 15.8 Å². The van der Waals surface area contributed by atoms with E-state index >= 15 is 0 Å². The molecule has 0 heterocycles. The molecule has 3 aromatic carbocycles. The van der Waals surface area contributed by atoms with Crippen molar-refractivity contribution in [3.8, 4) is 0 Å². The Morgan fingerprint density at radius 2 is 1.64 bits per heavy atom. The fraction of sp³-hybridized carbons (Fsp3) is 0.0588. The molecule has 5 heteroatoms. The van der Waals surface area contributed by atoms with Crippen molar-refractivity contribution in [1.82, 2.24) is 0 Å². The second kappa shape index (κ2) is 6.30. The maximum atomic E-state index is 11.8. The maximum Gasteiger partial charge on any atom is 2.00 e. The molecule has 0 aromatic heterocycles. The Morgan fingerprint density at radius 1 is 1.00 bits per heavy atom. The van der Waals surface area contributed by atoms with Gasteiger partial charge in [-0.15, -0.1) is 0 Å². The van der Waals surface area contributed by atoms with Gasteiger partial charge >= 0.3 is 37.7 Å². The van der Waals surface area contributed by atoms with Crippen LogP contribution >= 0.6 is 0 Å². The Hall–Kier alpha value is -0.910. The molecule has 0 radical (unpaired) electrons. The quantitative estimate of drug-likeness (QED) is 0.434. The molecular formula is C17H16CaO3S. The van der Waals surface area contributed by atoms with Crippen molar-refractivity contribution in [2.45, 2.75) is 11.8 Å². The average Bonchev–Trinajstić information content (AvgIpc) is 2.44. The number of benzene rings is 3. The molecule has 0 bridgehead atoms. The molecule has 1 N–H and O–H groups in total. The van der Waals surface area contributed by atoms with Gasteiger partial charge in [-0.05, 0) is 34.2 Å². The molecule has 3 nitrogen and oxygen atoms in total. The van der Waals surface area contributed by atoms with E-state index in [-0.39, 0.29) is 45.5 Å². The first-order chi connectivity index (χ1) is 9.89. The maximum absolute atomic E-state index is 11.8. The largest absolute Gasteiger partial charge is 2.00 e. The van der Waals surface area contributed by atoms with Gasteiger partial charge in [-0.3, -0.25) is 4.55 Å².